The number of benzene rings is 2. The molecule has 6 heterocycles. The van der Waals surface area contributed by atoms with Gasteiger partial charge >= 0.3 is 0 Å². The van der Waals surface area contributed by atoms with Gasteiger partial charge in [-0.15, -0.1) is 0 Å². The summed E-state index contributed by atoms with van der Waals surface area (Å²) in [6.07, 6.45) is 8.57. The first-order valence-electron chi connectivity index (χ1n) is 19.0. The zero-order valence-electron chi connectivity index (χ0n) is 29.9. The number of nitrogens with two attached hydrogens (primary N) is 1. The lowest BCUT2D eigenvalue weighted by Gasteiger charge is -2.34. The number of carbonyl (C=O) groups excluding carboxylic acids is 5. The standard InChI is InChI=1S/C40H46N8O5/c41-37(50)32-22-42-35(46-15-2-1-3-16-46)21-33(32)43-28-6-4-26(5-7-28)27-13-17-45(18-14-27)23-25-12-19-47(24-25)29-8-9-30-31(20-29)40(53)48(39(30)52)34-10-11-36(49)44-38(34)51/h4-9,20-22,25,27,34H,1-3,10-19,23-24H2,(H2,41,50)(H,42,43)(H,44,49,51). The van der Waals surface area contributed by atoms with Gasteiger partial charge in [0.25, 0.3) is 17.7 Å². The summed E-state index contributed by atoms with van der Waals surface area (Å²) >= 11 is 0. The smallest absolute Gasteiger partial charge is 0.262 e. The first kappa shape index (κ1) is 34.8. The molecule has 0 saturated carbocycles. The number of amides is 5. The number of anilines is 4. The second-order valence-corrected chi connectivity index (χ2v) is 15.1. The maximum atomic E-state index is 13.3. The van der Waals surface area contributed by atoms with Gasteiger partial charge in [-0.25, -0.2) is 4.98 Å². The van der Waals surface area contributed by atoms with Crippen LogP contribution in [0.5, 0.6) is 0 Å². The van der Waals surface area contributed by atoms with E-state index in [4.69, 9.17) is 5.73 Å². The highest BCUT2D eigenvalue weighted by Gasteiger charge is 2.45. The Labute approximate surface area is 308 Å². The molecular formula is C40H46N8O5. The van der Waals surface area contributed by atoms with Gasteiger partial charge in [-0.1, -0.05) is 12.1 Å². The van der Waals surface area contributed by atoms with E-state index in [9.17, 15) is 24.0 Å². The Hall–Kier alpha value is -5.30. The van der Waals surface area contributed by atoms with Crippen molar-refractivity contribution in [3.05, 3.63) is 77.0 Å². The van der Waals surface area contributed by atoms with Crippen molar-refractivity contribution in [2.45, 2.75) is 63.3 Å². The summed E-state index contributed by atoms with van der Waals surface area (Å²) in [7, 11) is 0. The van der Waals surface area contributed by atoms with E-state index >= 15 is 0 Å². The molecule has 5 aliphatic rings. The SMILES string of the molecule is NC(=O)c1cnc(N2CCCCC2)cc1Nc1ccc(C2CCN(CC3CCN(c4ccc5c(c4)C(=O)N(C4CCC(=O)NC4=O)C5=O)C3)CC2)cc1. The molecule has 53 heavy (non-hydrogen) atoms. The highest BCUT2D eigenvalue weighted by molar-refractivity contribution is 6.23. The van der Waals surface area contributed by atoms with Crippen LogP contribution in [0.2, 0.25) is 0 Å². The van der Waals surface area contributed by atoms with Gasteiger partial charge in [-0.3, -0.25) is 34.2 Å². The van der Waals surface area contributed by atoms with Gasteiger partial charge < -0.3 is 25.8 Å². The van der Waals surface area contributed by atoms with Crippen LogP contribution in [0.4, 0.5) is 22.9 Å². The van der Waals surface area contributed by atoms with Crippen molar-refractivity contribution in [3.8, 4) is 0 Å². The van der Waals surface area contributed by atoms with E-state index in [1.807, 2.05) is 12.1 Å². The van der Waals surface area contributed by atoms with Gasteiger partial charge in [0.1, 0.15) is 11.9 Å². The van der Waals surface area contributed by atoms with Crippen molar-refractivity contribution in [2.75, 3.05) is 60.9 Å². The fraction of sp³-hybridized carbons (Fsp3) is 0.450. The second-order valence-electron chi connectivity index (χ2n) is 15.1. The van der Waals surface area contributed by atoms with Crippen LogP contribution in [0.3, 0.4) is 0 Å². The molecule has 0 radical (unpaired) electrons. The number of hydrogen-bond acceptors (Lipinski definition) is 10. The monoisotopic (exact) mass is 718 g/mol. The van der Waals surface area contributed by atoms with E-state index in [2.05, 4.69) is 54.6 Å². The summed E-state index contributed by atoms with van der Waals surface area (Å²) in [5.41, 5.74) is 10.5. The number of aromatic nitrogens is 1. The van der Waals surface area contributed by atoms with Crippen molar-refractivity contribution in [3.63, 3.8) is 0 Å². The Bertz CT molecular complexity index is 1940. The summed E-state index contributed by atoms with van der Waals surface area (Å²) in [4.78, 5) is 75.4. The van der Waals surface area contributed by atoms with Crippen LogP contribution in [0.1, 0.15) is 93.9 Å². The highest BCUT2D eigenvalue weighted by atomic mass is 16.2. The maximum Gasteiger partial charge on any atom is 0.262 e. The minimum absolute atomic E-state index is 0.0987. The molecule has 3 aromatic rings. The van der Waals surface area contributed by atoms with Crippen molar-refractivity contribution in [1.29, 1.82) is 0 Å². The van der Waals surface area contributed by atoms with Crippen LogP contribution < -0.4 is 26.2 Å². The predicted molar refractivity (Wildman–Crippen MR) is 200 cm³/mol. The minimum Gasteiger partial charge on any atom is -0.371 e. The number of primary amides is 1. The molecule has 276 valence electrons. The Balaban J connectivity index is 0.835. The first-order valence-corrected chi connectivity index (χ1v) is 19.0. The zero-order chi connectivity index (χ0) is 36.6. The van der Waals surface area contributed by atoms with Crippen molar-refractivity contribution >= 4 is 52.4 Å². The number of piperidine rings is 3. The van der Waals surface area contributed by atoms with Gasteiger partial charge in [0.2, 0.25) is 11.8 Å². The van der Waals surface area contributed by atoms with Crippen molar-refractivity contribution in [2.24, 2.45) is 11.7 Å². The zero-order valence-corrected chi connectivity index (χ0v) is 29.9. The first-order chi connectivity index (χ1) is 25.7. The quantitative estimate of drug-likeness (QED) is 0.276. The number of imide groups is 2. The number of pyridine rings is 1. The third-order valence-corrected chi connectivity index (χ3v) is 11.7. The van der Waals surface area contributed by atoms with Crippen molar-refractivity contribution in [1.82, 2.24) is 20.1 Å². The lowest BCUT2D eigenvalue weighted by atomic mass is 9.89. The molecule has 2 aromatic carbocycles. The molecule has 1 aromatic heterocycles. The van der Waals surface area contributed by atoms with Crippen LogP contribution in [-0.2, 0) is 9.59 Å². The third kappa shape index (κ3) is 7.09. The molecule has 0 spiro atoms. The van der Waals surface area contributed by atoms with E-state index in [-0.39, 0.29) is 18.7 Å². The highest BCUT2D eigenvalue weighted by Crippen LogP contribution is 2.35. The van der Waals surface area contributed by atoms with Crippen LogP contribution in [-0.4, -0.2) is 96.2 Å². The number of nitrogens with zero attached hydrogens (tertiary/aromatic N) is 5. The Morgan fingerprint density at radius 1 is 0.830 bits per heavy atom. The van der Waals surface area contributed by atoms with Crippen LogP contribution >= 0.6 is 0 Å². The molecule has 0 bridgehead atoms. The molecule has 8 rings (SSSR count). The summed E-state index contributed by atoms with van der Waals surface area (Å²) in [5, 5.41) is 5.67. The molecule has 13 heteroatoms. The summed E-state index contributed by atoms with van der Waals surface area (Å²) in [6.45, 7) is 6.77. The minimum atomic E-state index is -0.964. The molecule has 4 saturated heterocycles. The van der Waals surface area contributed by atoms with E-state index in [1.54, 1.807) is 18.3 Å². The number of fused-ring (bicyclic) bond motifs is 1. The van der Waals surface area contributed by atoms with E-state index in [0.717, 1.165) is 100 Å². The molecule has 4 fully saturated rings. The largest absolute Gasteiger partial charge is 0.371 e. The molecule has 5 amide bonds. The third-order valence-electron chi connectivity index (χ3n) is 11.7. The Morgan fingerprint density at radius 3 is 2.32 bits per heavy atom. The fourth-order valence-electron chi connectivity index (χ4n) is 8.72. The van der Waals surface area contributed by atoms with Crippen molar-refractivity contribution < 1.29 is 24.0 Å². The summed E-state index contributed by atoms with van der Waals surface area (Å²) in [5.74, 6) is -0.596. The number of carbonyl (C=O) groups is 5. The second kappa shape index (κ2) is 14.6. The normalized spacial score (nSPS) is 22.7. The molecule has 4 N–H and O–H groups in total. The molecule has 13 nitrogen and oxygen atoms in total. The van der Waals surface area contributed by atoms with E-state index < -0.39 is 29.7 Å². The maximum absolute atomic E-state index is 13.3. The molecule has 2 atom stereocenters. The number of hydrogen-bond donors (Lipinski definition) is 3. The number of rotatable bonds is 9. The van der Waals surface area contributed by atoms with Crippen LogP contribution in [0.25, 0.3) is 0 Å². The van der Waals surface area contributed by atoms with E-state index in [0.29, 0.717) is 34.2 Å². The van der Waals surface area contributed by atoms with Gasteiger partial charge in [-0.2, -0.15) is 0 Å². The molecular weight excluding hydrogens is 672 g/mol. The van der Waals surface area contributed by atoms with Crippen LogP contribution in [0, 0.1) is 5.92 Å². The molecule has 2 unspecified atom stereocenters. The number of likely N-dealkylation sites (tertiary alicyclic amines) is 1. The average molecular weight is 719 g/mol. The van der Waals surface area contributed by atoms with Crippen LogP contribution in [0.15, 0.2) is 54.7 Å². The van der Waals surface area contributed by atoms with E-state index in [1.165, 1.54) is 12.0 Å². The Kier molecular flexibility index (Phi) is 9.59. The lowest BCUT2D eigenvalue weighted by molar-refractivity contribution is -0.136. The summed E-state index contributed by atoms with van der Waals surface area (Å²) < 4.78 is 0. The van der Waals surface area contributed by atoms with Gasteiger partial charge in [0.05, 0.1) is 22.4 Å². The van der Waals surface area contributed by atoms with Gasteiger partial charge in [-0.05, 0) is 106 Å². The topological polar surface area (TPSA) is 161 Å². The summed E-state index contributed by atoms with van der Waals surface area (Å²) in [6, 6.07) is 14.9. The lowest BCUT2D eigenvalue weighted by Crippen LogP contribution is -2.54. The number of nitrogens with one attached hydrogen (secondary N) is 2. The molecule has 0 aliphatic carbocycles. The van der Waals surface area contributed by atoms with Gasteiger partial charge in [0, 0.05) is 62.8 Å². The average Bonchev–Trinajstić information content (AvgIpc) is 3.74. The Morgan fingerprint density at radius 2 is 1.58 bits per heavy atom. The van der Waals surface area contributed by atoms with Gasteiger partial charge in [0.15, 0.2) is 0 Å². The predicted octanol–water partition coefficient (Wildman–Crippen LogP) is 4.02. The fourth-order valence-corrected chi connectivity index (χ4v) is 8.72. The molecule has 5 aliphatic heterocycles.